The molecule has 20 heavy (non-hydrogen) atoms. The highest BCUT2D eigenvalue weighted by Gasteiger charge is 2.18. The average Bonchev–Trinajstić information content (AvgIpc) is 2.38. The number of benzene rings is 1. The molecular formula is C12H10N2O5S. The van der Waals surface area contributed by atoms with Crippen molar-refractivity contribution in [1.82, 2.24) is 4.98 Å². The summed E-state index contributed by atoms with van der Waals surface area (Å²) < 4.78 is 28.2. The van der Waals surface area contributed by atoms with Gasteiger partial charge < -0.3 is 9.84 Å². The Morgan fingerprint density at radius 3 is 2.55 bits per heavy atom. The van der Waals surface area contributed by atoms with E-state index >= 15 is 0 Å². The summed E-state index contributed by atoms with van der Waals surface area (Å²) in [7, 11) is -3.98. The number of hydrogen-bond donors (Lipinski definition) is 2. The van der Waals surface area contributed by atoms with Crippen molar-refractivity contribution in [3.05, 3.63) is 48.3 Å². The van der Waals surface area contributed by atoms with Gasteiger partial charge in [0.1, 0.15) is 16.2 Å². The molecule has 0 aliphatic heterocycles. The molecule has 1 aromatic carbocycles. The molecule has 0 fully saturated rings. The Hall–Kier alpha value is -2.45. The number of nitrogens with zero attached hydrogens (tertiary/aromatic N) is 1. The van der Waals surface area contributed by atoms with Gasteiger partial charge in [0.05, 0.1) is 6.20 Å². The molecule has 2 aromatic rings. The highest BCUT2D eigenvalue weighted by Crippen LogP contribution is 2.29. The molecule has 3 N–H and O–H groups in total. The average molecular weight is 294 g/mol. The topological polar surface area (TPSA) is 120 Å². The second-order valence-corrected chi connectivity index (χ2v) is 5.30. The maximum Gasteiger partial charge on any atom is 0.339 e. The van der Waals surface area contributed by atoms with Crippen LogP contribution in [0.4, 0.5) is 0 Å². The Kier molecular flexibility index (Phi) is 3.68. The van der Waals surface area contributed by atoms with Crippen LogP contribution in [-0.2, 0) is 10.0 Å². The van der Waals surface area contributed by atoms with Gasteiger partial charge in [-0.05, 0) is 18.2 Å². The van der Waals surface area contributed by atoms with Crippen LogP contribution >= 0.6 is 0 Å². The van der Waals surface area contributed by atoms with E-state index in [-0.39, 0.29) is 22.0 Å². The smallest absolute Gasteiger partial charge is 0.339 e. The summed E-state index contributed by atoms with van der Waals surface area (Å²) in [5.74, 6) is -1.35. The van der Waals surface area contributed by atoms with E-state index < -0.39 is 16.0 Å². The monoisotopic (exact) mass is 294 g/mol. The van der Waals surface area contributed by atoms with Gasteiger partial charge in [0, 0.05) is 6.20 Å². The van der Waals surface area contributed by atoms with E-state index in [0.29, 0.717) is 0 Å². The van der Waals surface area contributed by atoms with Crippen LogP contribution in [0.15, 0.2) is 47.6 Å². The molecule has 0 amide bonds. The number of para-hydroxylation sites is 1. The van der Waals surface area contributed by atoms with E-state index in [1.165, 1.54) is 36.7 Å². The van der Waals surface area contributed by atoms with Crippen LogP contribution in [0.5, 0.6) is 11.5 Å². The minimum atomic E-state index is -3.98. The molecule has 1 heterocycles. The van der Waals surface area contributed by atoms with Crippen LogP contribution in [0, 0.1) is 0 Å². The summed E-state index contributed by atoms with van der Waals surface area (Å²) in [4.78, 5) is 14.6. The summed E-state index contributed by atoms with van der Waals surface area (Å²) in [6, 6.07) is 6.91. The van der Waals surface area contributed by atoms with E-state index in [1.807, 2.05) is 0 Å². The number of sulfonamides is 1. The Labute approximate surface area is 114 Å². The van der Waals surface area contributed by atoms with Gasteiger partial charge in [-0.3, -0.25) is 4.98 Å². The number of rotatable bonds is 4. The summed E-state index contributed by atoms with van der Waals surface area (Å²) in [6.07, 6.45) is 2.48. The minimum Gasteiger partial charge on any atom is -0.478 e. The van der Waals surface area contributed by atoms with Gasteiger partial charge in [-0.25, -0.2) is 18.4 Å². The Morgan fingerprint density at radius 1 is 1.20 bits per heavy atom. The molecule has 0 atom stereocenters. The molecular weight excluding hydrogens is 284 g/mol. The van der Waals surface area contributed by atoms with E-state index in [1.54, 1.807) is 6.07 Å². The summed E-state index contributed by atoms with van der Waals surface area (Å²) in [5.41, 5.74) is -0.135. The van der Waals surface area contributed by atoms with Gasteiger partial charge >= 0.3 is 5.97 Å². The lowest BCUT2D eigenvalue weighted by Crippen LogP contribution is -2.13. The van der Waals surface area contributed by atoms with Crippen molar-refractivity contribution in [2.75, 3.05) is 0 Å². The number of carboxylic acid groups (broad SMARTS) is 1. The van der Waals surface area contributed by atoms with Crippen molar-refractivity contribution >= 4 is 16.0 Å². The van der Waals surface area contributed by atoms with Crippen LogP contribution < -0.4 is 9.88 Å². The second kappa shape index (κ2) is 5.27. The van der Waals surface area contributed by atoms with Gasteiger partial charge in [0.15, 0.2) is 5.75 Å². The number of carboxylic acids is 1. The molecule has 0 saturated carbocycles. The standard InChI is InChI=1S/C12H10N2O5S/c13-20(17,18)11-4-2-1-3-9(11)19-10-7-14-6-5-8(10)12(15)16/h1-7H,(H,15,16)(H2,13,17,18). The summed E-state index contributed by atoms with van der Waals surface area (Å²) >= 11 is 0. The SMILES string of the molecule is NS(=O)(=O)c1ccccc1Oc1cnccc1C(=O)O. The van der Waals surface area contributed by atoms with Crippen LogP contribution in [0.3, 0.4) is 0 Å². The first-order valence-corrected chi connectivity index (χ1v) is 6.91. The third kappa shape index (κ3) is 2.92. The Balaban J connectivity index is 2.49. The van der Waals surface area contributed by atoms with E-state index in [2.05, 4.69) is 4.98 Å². The van der Waals surface area contributed by atoms with Crippen molar-refractivity contribution in [1.29, 1.82) is 0 Å². The van der Waals surface area contributed by atoms with Crippen molar-refractivity contribution in [3.8, 4) is 11.5 Å². The van der Waals surface area contributed by atoms with Crippen molar-refractivity contribution in [2.24, 2.45) is 5.14 Å². The number of aromatic nitrogens is 1. The number of ether oxygens (including phenoxy) is 1. The molecule has 104 valence electrons. The molecule has 0 radical (unpaired) electrons. The number of nitrogens with two attached hydrogens (primary N) is 1. The lowest BCUT2D eigenvalue weighted by molar-refractivity contribution is 0.0694. The van der Waals surface area contributed by atoms with Crippen molar-refractivity contribution in [2.45, 2.75) is 4.90 Å². The van der Waals surface area contributed by atoms with E-state index in [9.17, 15) is 13.2 Å². The van der Waals surface area contributed by atoms with Crippen LogP contribution in [0.1, 0.15) is 10.4 Å². The van der Waals surface area contributed by atoms with Crippen molar-refractivity contribution in [3.63, 3.8) is 0 Å². The van der Waals surface area contributed by atoms with Crippen LogP contribution in [-0.4, -0.2) is 24.5 Å². The summed E-state index contributed by atoms with van der Waals surface area (Å²) in [5, 5.41) is 14.1. The Bertz CT molecular complexity index is 758. The molecule has 0 aliphatic carbocycles. The van der Waals surface area contributed by atoms with Gasteiger partial charge in [-0.15, -0.1) is 0 Å². The molecule has 8 heteroatoms. The van der Waals surface area contributed by atoms with E-state index in [0.717, 1.165) is 0 Å². The highest BCUT2D eigenvalue weighted by atomic mass is 32.2. The molecule has 0 aliphatic rings. The fourth-order valence-electron chi connectivity index (χ4n) is 1.53. The number of pyridine rings is 1. The minimum absolute atomic E-state index is 0.0644. The van der Waals surface area contributed by atoms with E-state index in [4.69, 9.17) is 15.0 Å². The third-order valence-electron chi connectivity index (χ3n) is 2.39. The molecule has 2 rings (SSSR count). The zero-order chi connectivity index (χ0) is 14.8. The second-order valence-electron chi connectivity index (χ2n) is 3.77. The third-order valence-corrected chi connectivity index (χ3v) is 3.34. The first-order chi connectivity index (χ1) is 9.39. The first kappa shape index (κ1) is 14.0. The molecule has 0 unspecified atom stereocenters. The zero-order valence-corrected chi connectivity index (χ0v) is 10.9. The molecule has 0 bridgehead atoms. The lowest BCUT2D eigenvalue weighted by atomic mass is 10.2. The molecule has 1 aromatic heterocycles. The normalized spacial score (nSPS) is 11.1. The number of hydrogen-bond acceptors (Lipinski definition) is 5. The number of aromatic carboxylic acids is 1. The molecule has 0 saturated heterocycles. The van der Waals surface area contributed by atoms with Crippen LogP contribution in [0.25, 0.3) is 0 Å². The molecule has 7 nitrogen and oxygen atoms in total. The quantitative estimate of drug-likeness (QED) is 0.874. The highest BCUT2D eigenvalue weighted by molar-refractivity contribution is 7.89. The predicted molar refractivity (Wildman–Crippen MR) is 69.1 cm³/mol. The van der Waals surface area contributed by atoms with Gasteiger partial charge in [0.25, 0.3) is 0 Å². The number of primary sulfonamides is 1. The van der Waals surface area contributed by atoms with Crippen molar-refractivity contribution < 1.29 is 23.1 Å². The fraction of sp³-hybridized carbons (Fsp3) is 0. The van der Waals surface area contributed by atoms with Gasteiger partial charge in [-0.1, -0.05) is 12.1 Å². The Morgan fingerprint density at radius 2 is 1.90 bits per heavy atom. The maximum absolute atomic E-state index is 11.4. The van der Waals surface area contributed by atoms with Crippen LogP contribution in [0.2, 0.25) is 0 Å². The zero-order valence-electron chi connectivity index (χ0n) is 10.1. The summed E-state index contributed by atoms with van der Waals surface area (Å²) in [6.45, 7) is 0. The first-order valence-electron chi connectivity index (χ1n) is 5.36. The lowest BCUT2D eigenvalue weighted by Gasteiger charge is -2.10. The predicted octanol–water partition coefficient (Wildman–Crippen LogP) is 1.22. The van der Waals surface area contributed by atoms with Gasteiger partial charge in [0.2, 0.25) is 10.0 Å². The fourth-order valence-corrected chi connectivity index (χ4v) is 2.18. The number of carbonyl (C=O) groups is 1. The maximum atomic E-state index is 11.4. The largest absolute Gasteiger partial charge is 0.478 e. The van der Waals surface area contributed by atoms with Gasteiger partial charge in [-0.2, -0.15) is 0 Å². The molecule has 0 spiro atoms.